The van der Waals surface area contributed by atoms with Crippen molar-refractivity contribution in [2.75, 3.05) is 11.4 Å². The van der Waals surface area contributed by atoms with Gasteiger partial charge in [0.25, 0.3) is 15.9 Å². The topological polar surface area (TPSA) is 127 Å². The van der Waals surface area contributed by atoms with Crippen molar-refractivity contribution in [3.05, 3.63) is 96.5 Å². The first-order chi connectivity index (χ1) is 18.8. The Balaban J connectivity index is 1.27. The lowest BCUT2D eigenvalue weighted by Crippen LogP contribution is -2.30. The molecule has 1 saturated heterocycles. The summed E-state index contributed by atoms with van der Waals surface area (Å²) in [5, 5.41) is 8.09. The fraction of sp³-hybridized carbons (Fsp3) is 0.160. The second-order valence-electron chi connectivity index (χ2n) is 8.92. The van der Waals surface area contributed by atoms with Gasteiger partial charge in [0.05, 0.1) is 23.3 Å². The summed E-state index contributed by atoms with van der Waals surface area (Å²) in [6.07, 6.45) is 8.12. The molecule has 4 aromatic heterocycles. The largest absolute Gasteiger partial charge is 0.364 e. The molecular weight excluding hydrogens is 530 g/mol. The molecule has 1 aliphatic rings. The van der Waals surface area contributed by atoms with Gasteiger partial charge in [0.15, 0.2) is 5.82 Å². The minimum absolute atomic E-state index is 0.0281. The molecule has 0 saturated carbocycles. The van der Waals surface area contributed by atoms with Crippen molar-refractivity contribution in [3.63, 3.8) is 0 Å². The van der Waals surface area contributed by atoms with Crippen LogP contribution in [-0.2, 0) is 10.0 Å². The van der Waals surface area contributed by atoms with Crippen LogP contribution in [0.5, 0.6) is 0 Å². The predicted octanol–water partition coefficient (Wildman–Crippen LogP) is 3.05. The Morgan fingerprint density at radius 3 is 2.69 bits per heavy atom. The Labute approximate surface area is 220 Å². The molecule has 6 rings (SSSR count). The van der Waals surface area contributed by atoms with E-state index in [0.717, 1.165) is 24.8 Å². The maximum Gasteiger partial charge on any atom is 0.268 e. The van der Waals surface area contributed by atoms with E-state index in [2.05, 4.69) is 24.9 Å². The van der Waals surface area contributed by atoms with Gasteiger partial charge in [-0.3, -0.25) is 4.79 Å². The molecule has 1 fully saturated rings. The Hall–Kier alpha value is -4.72. The third-order valence-electron chi connectivity index (χ3n) is 6.56. The van der Waals surface area contributed by atoms with Crippen LogP contribution < -0.4 is 9.62 Å². The van der Waals surface area contributed by atoms with Crippen molar-refractivity contribution in [2.24, 2.45) is 0 Å². The van der Waals surface area contributed by atoms with Crippen molar-refractivity contribution in [3.8, 4) is 5.82 Å². The van der Waals surface area contributed by atoms with E-state index in [-0.39, 0.29) is 16.0 Å². The number of fused-ring (bicyclic) bond motifs is 1. The summed E-state index contributed by atoms with van der Waals surface area (Å²) >= 11 is 0. The highest BCUT2D eigenvalue weighted by Crippen LogP contribution is 2.38. The van der Waals surface area contributed by atoms with Gasteiger partial charge >= 0.3 is 0 Å². The summed E-state index contributed by atoms with van der Waals surface area (Å²) in [5.41, 5.74) is 1.30. The van der Waals surface area contributed by atoms with Crippen molar-refractivity contribution < 1.29 is 22.0 Å². The summed E-state index contributed by atoms with van der Waals surface area (Å²) in [7, 11) is -4.25. The molecule has 14 heteroatoms. The third kappa shape index (κ3) is 4.58. The SMILES string of the molecule is O=C(NS(=O)(=O)c1ccc(-n2cncn2)nc1)c1cnn2ccc(N3CCCC3c3cc(F)ccc3F)cc12. The standard InChI is InChI=1S/C25H20F2N8O3S/c26-16-3-5-21(27)19(10-16)22-2-1-8-33(22)17-7-9-34-23(11-17)20(13-30-34)25(36)32-39(37,38)18-4-6-24(29-12-18)35-15-28-14-31-35/h3-7,9-15,22H,1-2,8H2,(H,32,36). The van der Waals surface area contributed by atoms with Gasteiger partial charge in [-0.05, 0) is 55.3 Å². The summed E-state index contributed by atoms with van der Waals surface area (Å²) in [5.74, 6) is -1.54. The van der Waals surface area contributed by atoms with Crippen LogP contribution in [0.2, 0.25) is 0 Å². The maximum atomic E-state index is 14.5. The molecule has 0 radical (unpaired) electrons. The lowest BCUT2D eigenvalue weighted by atomic mass is 10.0. The number of halogens is 2. The van der Waals surface area contributed by atoms with Crippen molar-refractivity contribution in [1.82, 2.24) is 34.1 Å². The second-order valence-corrected chi connectivity index (χ2v) is 10.6. The van der Waals surface area contributed by atoms with E-state index in [4.69, 9.17) is 0 Å². The van der Waals surface area contributed by atoms with E-state index in [0.29, 0.717) is 30.0 Å². The molecule has 39 heavy (non-hydrogen) atoms. The molecule has 1 amide bonds. The van der Waals surface area contributed by atoms with Gasteiger partial charge in [-0.15, -0.1) is 0 Å². The van der Waals surface area contributed by atoms with Crippen LogP contribution in [0.3, 0.4) is 0 Å². The summed E-state index contributed by atoms with van der Waals surface area (Å²) in [6.45, 7) is 0.596. The number of nitrogens with zero attached hydrogens (tertiary/aromatic N) is 7. The summed E-state index contributed by atoms with van der Waals surface area (Å²) in [4.78, 5) is 22.7. The first-order valence-corrected chi connectivity index (χ1v) is 13.4. The molecule has 1 aromatic carbocycles. The Morgan fingerprint density at radius 1 is 1.05 bits per heavy atom. The van der Waals surface area contributed by atoms with Gasteiger partial charge in [-0.2, -0.15) is 10.2 Å². The van der Waals surface area contributed by atoms with Crippen molar-refractivity contribution in [2.45, 2.75) is 23.8 Å². The van der Waals surface area contributed by atoms with Crippen LogP contribution in [0.15, 0.2) is 78.6 Å². The molecule has 0 aliphatic carbocycles. The minimum atomic E-state index is -4.25. The van der Waals surface area contributed by atoms with E-state index in [9.17, 15) is 22.0 Å². The van der Waals surface area contributed by atoms with Gasteiger partial charge in [0.1, 0.15) is 29.2 Å². The molecule has 0 spiro atoms. The molecule has 5 heterocycles. The predicted molar refractivity (Wildman–Crippen MR) is 135 cm³/mol. The molecule has 1 atom stereocenters. The smallest absolute Gasteiger partial charge is 0.268 e. The Bertz CT molecular complexity index is 1790. The number of carbonyl (C=O) groups excluding carboxylic acids is 1. The Morgan fingerprint density at radius 2 is 1.92 bits per heavy atom. The average Bonchev–Trinajstić information content (AvgIpc) is 3.70. The number of anilines is 1. The highest BCUT2D eigenvalue weighted by Gasteiger charge is 2.30. The first kappa shape index (κ1) is 24.6. The Kier molecular flexibility index (Phi) is 6.02. The maximum absolute atomic E-state index is 14.5. The van der Waals surface area contributed by atoms with E-state index in [1.165, 1.54) is 46.2 Å². The number of sulfonamides is 1. The highest BCUT2D eigenvalue weighted by atomic mass is 32.2. The minimum Gasteiger partial charge on any atom is -0.364 e. The fourth-order valence-electron chi connectivity index (χ4n) is 4.72. The fourth-order valence-corrected chi connectivity index (χ4v) is 5.63. The van der Waals surface area contributed by atoms with Crippen LogP contribution in [-0.4, -0.2) is 50.2 Å². The van der Waals surface area contributed by atoms with Crippen molar-refractivity contribution in [1.29, 1.82) is 0 Å². The number of hydrogen-bond acceptors (Lipinski definition) is 8. The van der Waals surface area contributed by atoms with Gasteiger partial charge in [-0.25, -0.2) is 41.1 Å². The van der Waals surface area contributed by atoms with Crippen LogP contribution in [0.1, 0.15) is 34.8 Å². The molecule has 198 valence electrons. The van der Waals surface area contributed by atoms with Gasteiger partial charge < -0.3 is 4.90 Å². The van der Waals surface area contributed by atoms with Gasteiger partial charge in [0.2, 0.25) is 0 Å². The van der Waals surface area contributed by atoms with Gasteiger partial charge in [0, 0.05) is 30.2 Å². The van der Waals surface area contributed by atoms with Crippen LogP contribution in [0, 0.1) is 11.6 Å². The first-order valence-electron chi connectivity index (χ1n) is 11.9. The van der Waals surface area contributed by atoms with E-state index in [1.807, 2.05) is 4.90 Å². The van der Waals surface area contributed by atoms with Crippen LogP contribution in [0.25, 0.3) is 11.3 Å². The van der Waals surface area contributed by atoms with Crippen LogP contribution >= 0.6 is 0 Å². The van der Waals surface area contributed by atoms with Gasteiger partial charge in [-0.1, -0.05) is 0 Å². The van der Waals surface area contributed by atoms with E-state index >= 15 is 0 Å². The molecule has 5 aromatic rings. The zero-order valence-corrected chi connectivity index (χ0v) is 21.0. The number of pyridine rings is 2. The lowest BCUT2D eigenvalue weighted by molar-refractivity contribution is 0.0983. The van der Waals surface area contributed by atoms with E-state index in [1.54, 1.807) is 18.3 Å². The molecule has 1 unspecified atom stereocenters. The third-order valence-corrected chi connectivity index (χ3v) is 7.88. The second kappa shape index (κ2) is 9.54. The number of amides is 1. The number of nitrogens with one attached hydrogen (secondary N) is 1. The van der Waals surface area contributed by atoms with E-state index < -0.39 is 33.6 Å². The average molecular weight is 551 g/mol. The summed E-state index contributed by atoms with van der Waals surface area (Å²) < 4.78 is 59.1. The zero-order valence-electron chi connectivity index (χ0n) is 20.1. The molecule has 0 bridgehead atoms. The molecule has 1 aliphatic heterocycles. The normalized spacial score (nSPS) is 15.6. The number of aromatic nitrogens is 6. The number of carbonyl (C=O) groups is 1. The molecule has 1 N–H and O–H groups in total. The zero-order chi connectivity index (χ0) is 27.1. The monoisotopic (exact) mass is 550 g/mol. The summed E-state index contributed by atoms with van der Waals surface area (Å²) in [6, 6.07) is 9.17. The molecule has 11 nitrogen and oxygen atoms in total. The number of rotatable bonds is 6. The number of hydrogen-bond donors (Lipinski definition) is 1. The molecular formula is C25H20F2N8O3S. The van der Waals surface area contributed by atoms with Crippen molar-refractivity contribution >= 4 is 27.1 Å². The highest BCUT2D eigenvalue weighted by molar-refractivity contribution is 7.90. The number of benzene rings is 1. The lowest BCUT2D eigenvalue weighted by Gasteiger charge is -2.27. The quantitative estimate of drug-likeness (QED) is 0.342. The van der Waals surface area contributed by atoms with Crippen LogP contribution in [0.4, 0.5) is 14.5 Å².